The fourth-order valence-corrected chi connectivity index (χ4v) is 1.52. The van der Waals surface area contributed by atoms with Crippen LogP contribution in [0.15, 0.2) is 30.3 Å². The van der Waals surface area contributed by atoms with Gasteiger partial charge in [0.05, 0.1) is 0 Å². The van der Waals surface area contributed by atoms with E-state index in [0.29, 0.717) is 0 Å². The number of amides is 2. The minimum absolute atomic E-state index is 0.0629. The molecule has 0 radical (unpaired) electrons. The van der Waals surface area contributed by atoms with E-state index in [1.54, 1.807) is 13.8 Å². The summed E-state index contributed by atoms with van der Waals surface area (Å²) in [6.45, 7) is 3.61. The van der Waals surface area contributed by atoms with Gasteiger partial charge in [0, 0.05) is 12.0 Å². The molecular weight excluding hydrogens is 232 g/mol. The Bertz CT molecular complexity index is 416. The van der Waals surface area contributed by atoms with Crippen LogP contribution in [-0.2, 0) is 16.1 Å². The summed E-state index contributed by atoms with van der Waals surface area (Å²) in [5.74, 6) is -0.469. The molecule has 0 unspecified atom stereocenters. The maximum atomic E-state index is 11.5. The number of rotatable bonds is 5. The maximum Gasteiger partial charge on any atom is 0.407 e. The highest BCUT2D eigenvalue weighted by Crippen LogP contribution is 2.08. The number of primary amides is 1. The Hall–Kier alpha value is -2.04. The van der Waals surface area contributed by atoms with Gasteiger partial charge in [0.15, 0.2) is 0 Å². The Balaban J connectivity index is 2.40. The van der Waals surface area contributed by atoms with E-state index >= 15 is 0 Å². The van der Waals surface area contributed by atoms with Crippen LogP contribution in [0.2, 0.25) is 0 Å². The summed E-state index contributed by atoms with van der Waals surface area (Å²) in [7, 11) is 0. The number of carbonyl (C=O) groups is 2. The first-order chi connectivity index (χ1) is 8.39. The van der Waals surface area contributed by atoms with Gasteiger partial charge in [-0.15, -0.1) is 0 Å². The maximum absolute atomic E-state index is 11.5. The summed E-state index contributed by atoms with van der Waals surface area (Å²) < 4.78 is 5.04. The molecule has 0 aliphatic rings. The van der Waals surface area contributed by atoms with Crippen molar-refractivity contribution in [2.45, 2.75) is 32.4 Å². The summed E-state index contributed by atoms with van der Waals surface area (Å²) in [5.41, 5.74) is 5.28. The standard InChI is InChI=1S/C13H18N2O3/c1-13(2,8-11(14)16)15-12(17)18-9-10-6-4-3-5-7-10/h3-7H,8-9H2,1-2H3,(H2,14,16)(H,15,17). The number of benzene rings is 1. The van der Waals surface area contributed by atoms with Gasteiger partial charge >= 0.3 is 6.09 Å². The second kappa shape index (κ2) is 6.05. The highest BCUT2D eigenvalue weighted by atomic mass is 16.5. The molecule has 0 atom stereocenters. The van der Waals surface area contributed by atoms with Crippen molar-refractivity contribution in [1.29, 1.82) is 0 Å². The van der Waals surface area contributed by atoms with Crippen LogP contribution in [0.4, 0.5) is 4.79 Å². The minimum atomic E-state index is -0.709. The molecule has 1 rings (SSSR count). The first kappa shape index (κ1) is 14.0. The number of nitrogens with one attached hydrogen (secondary N) is 1. The summed E-state index contributed by atoms with van der Waals surface area (Å²) in [6.07, 6.45) is -0.502. The zero-order valence-corrected chi connectivity index (χ0v) is 10.6. The van der Waals surface area contributed by atoms with Crippen LogP contribution in [0, 0.1) is 0 Å². The summed E-state index contributed by atoms with van der Waals surface area (Å²) in [4.78, 5) is 22.3. The molecule has 18 heavy (non-hydrogen) atoms. The molecule has 5 heteroatoms. The third-order valence-corrected chi connectivity index (χ3v) is 2.27. The predicted molar refractivity (Wildman–Crippen MR) is 67.7 cm³/mol. The number of alkyl carbamates (subject to hydrolysis) is 1. The van der Waals surface area contributed by atoms with Gasteiger partial charge in [-0.25, -0.2) is 4.79 Å². The van der Waals surface area contributed by atoms with E-state index < -0.39 is 17.5 Å². The smallest absolute Gasteiger partial charge is 0.407 e. The van der Waals surface area contributed by atoms with E-state index in [4.69, 9.17) is 10.5 Å². The molecule has 0 saturated heterocycles. The van der Waals surface area contributed by atoms with E-state index in [2.05, 4.69) is 5.32 Å². The summed E-state index contributed by atoms with van der Waals surface area (Å²) in [5, 5.41) is 2.60. The second-order valence-electron chi connectivity index (χ2n) is 4.71. The molecule has 5 nitrogen and oxygen atoms in total. The van der Waals surface area contributed by atoms with Gasteiger partial charge in [-0.3, -0.25) is 4.79 Å². The number of hydrogen-bond acceptors (Lipinski definition) is 3. The lowest BCUT2D eigenvalue weighted by atomic mass is 10.0. The van der Waals surface area contributed by atoms with Gasteiger partial charge in [0.1, 0.15) is 6.61 Å². The quantitative estimate of drug-likeness (QED) is 0.832. The van der Waals surface area contributed by atoms with Gasteiger partial charge in [-0.05, 0) is 19.4 Å². The fourth-order valence-electron chi connectivity index (χ4n) is 1.52. The first-order valence-electron chi connectivity index (χ1n) is 5.66. The van der Waals surface area contributed by atoms with Crippen molar-refractivity contribution in [2.24, 2.45) is 5.73 Å². The SMILES string of the molecule is CC(C)(CC(N)=O)NC(=O)OCc1ccccc1. The lowest BCUT2D eigenvalue weighted by Gasteiger charge is -2.24. The van der Waals surface area contributed by atoms with Crippen molar-refractivity contribution in [3.05, 3.63) is 35.9 Å². The molecule has 1 aromatic carbocycles. The highest BCUT2D eigenvalue weighted by molar-refractivity contribution is 5.76. The number of ether oxygens (including phenoxy) is 1. The van der Waals surface area contributed by atoms with Crippen molar-refractivity contribution >= 4 is 12.0 Å². The lowest BCUT2D eigenvalue weighted by molar-refractivity contribution is -0.119. The molecule has 0 aliphatic heterocycles. The summed E-state index contributed by atoms with van der Waals surface area (Å²) >= 11 is 0. The molecule has 0 aromatic heterocycles. The first-order valence-corrected chi connectivity index (χ1v) is 5.66. The van der Waals surface area contributed by atoms with Gasteiger partial charge in [-0.2, -0.15) is 0 Å². The largest absolute Gasteiger partial charge is 0.445 e. The Labute approximate surface area is 106 Å². The van der Waals surface area contributed by atoms with Gasteiger partial charge in [0.2, 0.25) is 5.91 Å². The summed E-state index contributed by atoms with van der Waals surface area (Å²) in [6, 6.07) is 9.35. The molecule has 2 amide bonds. The van der Waals surface area contributed by atoms with Crippen molar-refractivity contribution in [3.8, 4) is 0 Å². The topological polar surface area (TPSA) is 81.4 Å². The van der Waals surface area contributed by atoms with Crippen LogP contribution in [0.5, 0.6) is 0 Å². The second-order valence-corrected chi connectivity index (χ2v) is 4.71. The monoisotopic (exact) mass is 250 g/mol. The molecule has 3 N–H and O–H groups in total. The Morgan fingerprint density at radius 3 is 2.44 bits per heavy atom. The highest BCUT2D eigenvalue weighted by Gasteiger charge is 2.23. The zero-order chi connectivity index (χ0) is 13.6. The molecule has 1 aromatic rings. The minimum Gasteiger partial charge on any atom is -0.445 e. The molecule has 0 spiro atoms. The van der Waals surface area contributed by atoms with Crippen molar-refractivity contribution < 1.29 is 14.3 Å². The normalized spacial score (nSPS) is 10.8. The number of nitrogens with two attached hydrogens (primary N) is 1. The van der Waals surface area contributed by atoms with E-state index in [9.17, 15) is 9.59 Å². The van der Waals surface area contributed by atoms with E-state index in [-0.39, 0.29) is 13.0 Å². The van der Waals surface area contributed by atoms with Crippen LogP contribution in [0.25, 0.3) is 0 Å². The molecule has 98 valence electrons. The number of hydrogen-bond donors (Lipinski definition) is 2. The molecule has 0 heterocycles. The van der Waals surface area contributed by atoms with Gasteiger partial charge in [0.25, 0.3) is 0 Å². The third-order valence-electron chi connectivity index (χ3n) is 2.27. The Kier molecular flexibility index (Phi) is 4.71. The van der Waals surface area contributed by atoms with Crippen LogP contribution < -0.4 is 11.1 Å². The van der Waals surface area contributed by atoms with E-state index in [0.717, 1.165) is 5.56 Å². The molecule has 0 aliphatic carbocycles. The van der Waals surface area contributed by atoms with Crippen molar-refractivity contribution in [1.82, 2.24) is 5.32 Å². The molecule has 0 bridgehead atoms. The Morgan fingerprint density at radius 1 is 1.28 bits per heavy atom. The van der Waals surface area contributed by atoms with Crippen LogP contribution in [-0.4, -0.2) is 17.5 Å². The van der Waals surface area contributed by atoms with E-state index in [1.165, 1.54) is 0 Å². The predicted octanol–water partition coefficient (Wildman–Crippen LogP) is 1.57. The zero-order valence-electron chi connectivity index (χ0n) is 10.6. The number of carbonyl (C=O) groups excluding carboxylic acids is 2. The van der Waals surface area contributed by atoms with Crippen LogP contribution in [0.3, 0.4) is 0 Å². The van der Waals surface area contributed by atoms with Crippen LogP contribution in [0.1, 0.15) is 25.8 Å². The van der Waals surface area contributed by atoms with Crippen LogP contribution >= 0.6 is 0 Å². The molecular formula is C13H18N2O3. The Morgan fingerprint density at radius 2 is 1.89 bits per heavy atom. The van der Waals surface area contributed by atoms with Crippen molar-refractivity contribution in [3.63, 3.8) is 0 Å². The molecule has 0 fully saturated rings. The van der Waals surface area contributed by atoms with Gasteiger partial charge < -0.3 is 15.8 Å². The third kappa shape index (κ3) is 5.34. The lowest BCUT2D eigenvalue weighted by Crippen LogP contribution is -2.46. The fraction of sp³-hybridized carbons (Fsp3) is 0.385. The van der Waals surface area contributed by atoms with Gasteiger partial charge in [-0.1, -0.05) is 30.3 Å². The van der Waals surface area contributed by atoms with E-state index in [1.807, 2.05) is 30.3 Å². The average Bonchev–Trinajstić information content (AvgIpc) is 2.25. The molecule has 0 saturated carbocycles. The average molecular weight is 250 g/mol. The van der Waals surface area contributed by atoms with Crippen molar-refractivity contribution in [2.75, 3.05) is 0 Å².